The number of halogens is 4. The first-order valence-electron chi connectivity index (χ1n) is 7.06. The van der Waals surface area contributed by atoms with E-state index in [1.807, 2.05) is 0 Å². The molecular formula is C13H10ClF3N6O3. The van der Waals surface area contributed by atoms with Gasteiger partial charge in [-0.2, -0.15) is 23.5 Å². The van der Waals surface area contributed by atoms with Crippen LogP contribution >= 0.6 is 11.6 Å². The number of alkyl halides is 3. The minimum Gasteiger partial charge on any atom is -0.481 e. The number of ether oxygens (including phenoxy) is 1. The highest BCUT2D eigenvalue weighted by molar-refractivity contribution is 6.32. The first kappa shape index (κ1) is 17.9. The zero-order valence-electron chi connectivity index (χ0n) is 13.0. The molecule has 3 aromatic rings. The molecule has 0 bridgehead atoms. The van der Waals surface area contributed by atoms with Crippen LogP contribution in [-0.2, 0) is 24.4 Å². The average Bonchev–Trinajstić information content (AvgIpc) is 3.08. The Bertz CT molecular complexity index is 984. The number of carboxylic acid groups (broad SMARTS) is 1. The van der Waals surface area contributed by atoms with E-state index in [0.717, 1.165) is 7.05 Å². The number of aromatic amines is 1. The van der Waals surface area contributed by atoms with Gasteiger partial charge in [-0.25, -0.2) is 4.98 Å². The summed E-state index contributed by atoms with van der Waals surface area (Å²) in [7, 11) is 1.08. The van der Waals surface area contributed by atoms with Crippen LogP contribution in [0, 0.1) is 0 Å². The molecule has 3 aromatic heterocycles. The summed E-state index contributed by atoms with van der Waals surface area (Å²) in [6.45, 7) is 0. The van der Waals surface area contributed by atoms with Crippen molar-refractivity contribution in [3.8, 4) is 11.6 Å². The molecule has 3 rings (SSSR count). The molecule has 9 nitrogen and oxygen atoms in total. The maximum atomic E-state index is 13.0. The van der Waals surface area contributed by atoms with Crippen molar-refractivity contribution in [1.82, 2.24) is 30.2 Å². The number of pyridine rings is 1. The van der Waals surface area contributed by atoms with Gasteiger partial charge in [-0.3, -0.25) is 9.48 Å². The molecule has 0 aliphatic rings. The molecule has 13 heteroatoms. The standard InChI is InChI=1S/C13H10ClF3N6O3/c1-23-10(13(15,16)17)9(14)12(21-23)26-7-4-6-11(20-22-19-6)18-5(7)2-3-8(24)25/h4H,2-3H2,1H3,(H,24,25)(H,18,19,20,22). The van der Waals surface area contributed by atoms with Gasteiger partial charge in [0.1, 0.15) is 10.5 Å². The second-order valence-corrected chi connectivity index (χ2v) is 5.56. The van der Waals surface area contributed by atoms with Crippen LogP contribution in [0.15, 0.2) is 6.07 Å². The number of hydrogen-bond donors (Lipinski definition) is 2. The number of rotatable bonds is 5. The molecule has 138 valence electrons. The molecule has 0 fully saturated rings. The number of carboxylic acids is 1. The van der Waals surface area contributed by atoms with Crippen LogP contribution < -0.4 is 4.74 Å². The van der Waals surface area contributed by atoms with Gasteiger partial charge in [-0.15, -0.1) is 10.2 Å². The quantitative estimate of drug-likeness (QED) is 0.687. The average molecular weight is 391 g/mol. The minimum atomic E-state index is -4.72. The third-order valence-corrected chi connectivity index (χ3v) is 3.70. The Morgan fingerprint density at radius 2 is 2.15 bits per heavy atom. The molecule has 0 amide bonds. The number of fused-ring (bicyclic) bond motifs is 1. The maximum absolute atomic E-state index is 13.0. The topological polar surface area (TPSA) is 119 Å². The lowest BCUT2D eigenvalue weighted by atomic mass is 10.2. The number of carbonyl (C=O) groups is 1. The van der Waals surface area contributed by atoms with Gasteiger partial charge in [0.25, 0.3) is 5.88 Å². The third-order valence-electron chi connectivity index (χ3n) is 3.36. The highest BCUT2D eigenvalue weighted by atomic mass is 35.5. The van der Waals surface area contributed by atoms with Gasteiger partial charge in [0.05, 0.1) is 12.1 Å². The Balaban J connectivity index is 2.02. The van der Waals surface area contributed by atoms with Crippen LogP contribution in [-0.4, -0.2) is 41.3 Å². The van der Waals surface area contributed by atoms with Crippen LogP contribution in [0.5, 0.6) is 11.6 Å². The minimum absolute atomic E-state index is 0.0126. The number of nitrogens with one attached hydrogen (secondary N) is 1. The van der Waals surface area contributed by atoms with Crippen molar-refractivity contribution in [3.63, 3.8) is 0 Å². The Morgan fingerprint density at radius 1 is 1.42 bits per heavy atom. The smallest absolute Gasteiger partial charge is 0.434 e. The van der Waals surface area contributed by atoms with Crippen molar-refractivity contribution in [1.29, 1.82) is 0 Å². The number of aliphatic carboxylic acids is 1. The summed E-state index contributed by atoms with van der Waals surface area (Å²) in [5.41, 5.74) is -0.510. The zero-order chi connectivity index (χ0) is 19.1. The van der Waals surface area contributed by atoms with Crippen LogP contribution in [0.3, 0.4) is 0 Å². The van der Waals surface area contributed by atoms with Crippen LogP contribution in [0.1, 0.15) is 17.8 Å². The molecule has 2 N–H and O–H groups in total. The molecule has 0 radical (unpaired) electrons. The summed E-state index contributed by atoms with van der Waals surface area (Å²) in [6, 6.07) is 1.36. The number of aryl methyl sites for hydroxylation is 2. The summed E-state index contributed by atoms with van der Waals surface area (Å²) >= 11 is 5.76. The molecule has 0 spiro atoms. The molecule has 0 aromatic carbocycles. The molecule has 0 aliphatic carbocycles. The lowest BCUT2D eigenvalue weighted by molar-refractivity contribution is -0.143. The normalized spacial score (nSPS) is 11.9. The van der Waals surface area contributed by atoms with Gasteiger partial charge in [0.2, 0.25) is 5.65 Å². The van der Waals surface area contributed by atoms with Gasteiger partial charge in [-0.1, -0.05) is 11.6 Å². The van der Waals surface area contributed by atoms with E-state index in [2.05, 4.69) is 25.5 Å². The number of nitrogens with zero attached hydrogens (tertiary/aromatic N) is 5. The lowest BCUT2D eigenvalue weighted by Gasteiger charge is -2.08. The molecule has 3 heterocycles. The van der Waals surface area contributed by atoms with Crippen LogP contribution in [0.4, 0.5) is 13.2 Å². The molecule has 0 unspecified atom stereocenters. The van der Waals surface area contributed by atoms with Crippen molar-refractivity contribution in [2.45, 2.75) is 19.0 Å². The van der Waals surface area contributed by atoms with Crippen molar-refractivity contribution < 1.29 is 27.8 Å². The molecule has 0 saturated carbocycles. The molecule has 0 atom stereocenters. The summed E-state index contributed by atoms with van der Waals surface area (Å²) in [5.74, 6) is -1.57. The van der Waals surface area contributed by atoms with Crippen LogP contribution in [0.2, 0.25) is 5.02 Å². The van der Waals surface area contributed by atoms with Gasteiger partial charge < -0.3 is 9.84 Å². The van der Waals surface area contributed by atoms with E-state index >= 15 is 0 Å². The van der Waals surface area contributed by atoms with Crippen molar-refractivity contribution in [3.05, 3.63) is 22.5 Å². The van der Waals surface area contributed by atoms with Gasteiger partial charge in [0, 0.05) is 19.5 Å². The van der Waals surface area contributed by atoms with Crippen molar-refractivity contribution in [2.75, 3.05) is 0 Å². The summed E-state index contributed by atoms with van der Waals surface area (Å²) in [5, 5.41) is 21.7. The number of aromatic nitrogens is 6. The SMILES string of the molecule is Cn1nc(Oc2cc3n[nH]nc3nc2CCC(=O)O)c(Cl)c1C(F)(F)F. The Morgan fingerprint density at radius 3 is 2.77 bits per heavy atom. The maximum Gasteiger partial charge on any atom is 0.434 e. The van der Waals surface area contributed by atoms with Crippen molar-refractivity contribution in [2.24, 2.45) is 7.05 Å². The fourth-order valence-electron chi connectivity index (χ4n) is 2.25. The lowest BCUT2D eigenvalue weighted by Crippen LogP contribution is -2.12. The zero-order valence-corrected chi connectivity index (χ0v) is 13.8. The van der Waals surface area contributed by atoms with Gasteiger partial charge in [0.15, 0.2) is 11.4 Å². The Labute approximate surface area is 147 Å². The molecule has 0 aliphatic heterocycles. The summed E-state index contributed by atoms with van der Waals surface area (Å²) in [6.07, 6.45) is -5.03. The van der Waals surface area contributed by atoms with E-state index in [1.165, 1.54) is 6.07 Å². The van der Waals surface area contributed by atoms with E-state index in [0.29, 0.717) is 4.68 Å². The molecule has 0 saturated heterocycles. The second kappa shape index (κ2) is 6.44. The number of H-pyrrole nitrogens is 1. The molecule has 26 heavy (non-hydrogen) atoms. The Hall–Kier alpha value is -2.89. The first-order valence-corrected chi connectivity index (χ1v) is 7.44. The predicted octanol–water partition coefficient (Wildman–Crippen LogP) is 2.57. The monoisotopic (exact) mass is 390 g/mol. The molecular weight excluding hydrogens is 381 g/mol. The van der Waals surface area contributed by atoms with E-state index in [1.54, 1.807) is 0 Å². The first-order chi connectivity index (χ1) is 12.2. The van der Waals surface area contributed by atoms with Crippen molar-refractivity contribution >= 4 is 28.7 Å². The second-order valence-electron chi connectivity index (χ2n) is 5.18. The van der Waals surface area contributed by atoms with E-state index in [4.69, 9.17) is 21.4 Å². The Kier molecular flexibility index (Phi) is 4.44. The fourth-order valence-corrected chi connectivity index (χ4v) is 2.55. The summed E-state index contributed by atoms with van der Waals surface area (Å²) < 4.78 is 45.0. The predicted molar refractivity (Wildman–Crippen MR) is 80.9 cm³/mol. The van der Waals surface area contributed by atoms with Crippen LogP contribution in [0.25, 0.3) is 11.2 Å². The largest absolute Gasteiger partial charge is 0.481 e. The highest BCUT2D eigenvalue weighted by Gasteiger charge is 2.39. The van der Waals surface area contributed by atoms with E-state index in [-0.39, 0.29) is 35.4 Å². The van der Waals surface area contributed by atoms with Gasteiger partial charge in [-0.05, 0) is 0 Å². The van der Waals surface area contributed by atoms with E-state index < -0.39 is 28.7 Å². The third kappa shape index (κ3) is 3.40. The highest BCUT2D eigenvalue weighted by Crippen LogP contribution is 2.40. The van der Waals surface area contributed by atoms with Gasteiger partial charge >= 0.3 is 12.1 Å². The fraction of sp³-hybridized carbons (Fsp3) is 0.308. The van der Waals surface area contributed by atoms with E-state index in [9.17, 15) is 18.0 Å². The summed E-state index contributed by atoms with van der Waals surface area (Å²) in [4.78, 5) is 14.9. The number of hydrogen-bond acceptors (Lipinski definition) is 6.